The third-order valence-corrected chi connectivity index (χ3v) is 2.00. The molecule has 2 N–H and O–H groups in total. The minimum Gasteiger partial charge on any atom is -0.370 e. The summed E-state index contributed by atoms with van der Waals surface area (Å²) < 4.78 is 0. The van der Waals surface area contributed by atoms with Gasteiger partial charge in [-0.2, -0.15) is 0 Å². The largest absolute Gasteiger partial charge is 0.370 e. The van der Waals surface area contributed by atoms with Crippen molar-refractivity contribution in [2.24, 2.45) is 16.6 Å². The van der Waals surface area contributed by atoms with Crippen molar-refractivity contribution in [2.75, 3.05) is 13.1 Å². The molecule has 0 unspecified atom stereocenters. The van der Waals surface area contributed by atoms with Gasteiger partial charge in [-0.3, -0.25) is 4.99 Å². The normalized spacial score (nSPS) is 12.6. The summed E-state index contributed by atoms with van der Waals surface area (Å²) in [5.41, 5.74) is 5.93. The van der Waals surface area contributed by atoms with Gasteiger partial charge in [-0.15, -0.1) is 0 Å². The van der Waals surface area contributed by atoms with E-state index in [1.165, 1.54) is 0 Å². The Kier molecular flexibility index (Phi) is 6.34. The number of nitrogens with zero attached hydrogens (tertiary/aromatic N) is 2. The molecular formula is C11H25N3. The standard InChI is InChI=1S/C11H25N3/c1-6-7-14(10(4)5)11(12)13-8-9(2)3/h9-10H,6-8H2,1-5H3,(H2,12,13). The van der Waals surface area contributed by atoms with Gasteiger partial charge in [-0.25, -0.2) is 0 Å². The summed E-state index contributed by atoms with van der Waals surface area (Å²) >= 11 is 0. The van der Waals surface area contributed by atoms with Crippen LogP contribution in [0.2, 0.25) is 0 Å². The van der Waals surface area contributed by atoms with Crippen molar-refractivity contribution in [3.8, 4) is 0 Å². The van der Waals surface area contributed by atoms with E-state index in [1.807, 2.05) is 0 Å². The lowest BCUT2D eigenvalue weighted by Gasteiger charge is -2.27. The number of aliphatic imine (C=N–C) groups is 1. The molecule has 0 heterocycles. The fourth-order valence-corrected chi connectivity index (χ4v) is 1.25. The van der Waals surface area contributed by atoms with Crippen LogP contribution in [-0.2, 0) is 0 Å². The lowest BCUT2D eigenvalue weighted by molar-refractivity contribution is 0.344. The molecule has 0 saturated carbocycles. The van der Waals surface area contributed by atoms with Gasteiger partial charge in [-0.1, -0.05) is 20.8 Å². The third kappa shape index (κ3) is 5.10. The molecule has 0 amide bonds. The molecule has 0 rings (SSSR count). The van der Waals surface area contributed by atoms with E-state index in [9.17, 15) is 0 Å². The highest BCUT2D eigenvalue weighted by molar-refractivity contribution is 5.78. The van der Waals surface area contributed by atoms with E-state index in [0.717, 1.165) is 19.5 Å². The second-order valence-electron chi connectivity index (χ2n) is 4.38. The predicted molar refractivity (Wildman–Crippen MR) is 63.5 cm³/mol. The van der Waals surface area contributed by atoms with E-state index < -0.39 is 0 Å². The van der Waals surface area contributed by atoms with Crippen LogP contribution in [0.4, 0.5) is 0 Å². The maximum atomic E-state index is 5.93. The molecule has 0 atom stereocenters. The molecule has 3 heteroatoms. The highest BCUT2D eigenvalue weighted by Crippen LogP contribution is 2.00. The molecule has 0 aromatic carbocycles. The van der Waals surface area contributed by atoms with Gasteiger partial charge in [0.05, 0.1) is 0 Å². The second-order valence-corrected chi connectivity index (χ2v) is 4.38. The first-order valence-electron chi connectivity index (χ1n) is 5.55. The zero-order valence-corrected chi connectivity index (χ0v) is 10.2. The predicted octanol–water partition coefficient (Wildman–Crippen LogP) is 2.08. The molecule has 0 aliphatic carbocycles. The molecule has 0 bridgehead atoms. The van der Waals surface area contributed by atoms with Gasteiger partial charge >= 0.3 is 0 Å². The molecule has 0 aromatic rings. The Hall–Kier alpha value is -0.730. The van der Waals surface area contributed by atoms with E-state index in [4.69, 9.17) is 5.73 Å². The summed E-state index contributed by atoms with van der Waals surface area (Å²) in [7, 11) is 0. The first kappa shape index (κ1) is 13.3. The lowest BCUT2D eigenvalue weighted by atomic mass is 10.2. The summed E-state index contributed by atoms with van der Waals surface area (Å²) in [5.74, 6) is 1.26. The first-order chi connectivity index (χ1) is 6.49. The maximum Gasteiger partial charge on any atom is 0.191 e. The van der Waals surface area contributed by atoms with Gasteiger partial charge in [0.2, 0.25) is 0 Å². The number of guanidine groups is 1. The van der Waals surface area contributed by atoms with Gasteiger partial charge in [-0.05, 0) is 26.2 Å². The topological polar surface area (TPSA) is 41.6 Å². The third-order valence-electron chi connectivity index (χ3n) is 2.00. The van der Waals surface area contributed by atoms with Gasteiger partial charge < -0.3 is 10.6 Å². The van der Waals surface area contributed by atoms with Crippen molar-refractivity contribution in [3.63, 3.8) is 0 Å². The fourth-order valence-electron chi connectivity index (χ4n) is 1.25. The molecule has 0 aliphatic rings. The molecule has 0 fully saturated rings. The van der Waals surface area contributed by atoms with Crippen molar-refractivity contribution >= 4 is 5.96 Å². The zero-order chi connectivity index (χ0) is 11.1. The molecule has 0 aromatic heterocycles. The minimum atomic E-state index is 0.436. The summed E-state index contributed by atoms with van der Waals surface area (Å²) in [4.78, 5) is 6.54. The van der Waals surface area contributed by atoms with Gasteiger partial charge in [0.15, 0.2) is 5.96 Å². The highest BCUT2D eigenvalue weighted by atomic mass is 15.3. The Bertz CT molecular complexity index is 173. The van der Waals surface area contributed by atoms with Crippen LogP contribution in [0.25, 0.3) is 0 Å². The van der Waals surface area contributed by atoms with Gasteiger partial charge in [0, 0.05) is 19.1 Å². The van der Waals surface area contributed by atoms with Crippen LogP contribution >= 0.6 is 0 Å². The molecule has 0 aliphatic heterocycles. The minimum absolute atomic E-state index is 0.436. The van der Waals surface area contributed by atoms with E-state index in [0.29, 0.717) is 17.9 Å². The van der Waals surface area contributed by atoms with Crippen LogP contribution in [0.5, 0.6) is 0 Å². The van der Waals surface area contributed by atoms with Crippen molar-refractivity contribution in [1.29, 1.82) is 0 Å². The van der Waals surface area contributed by atoms with Crippen LogP contribution < -0.4 is 5.73 Å². The Labute approximate surface area is 88.4 Å². The summed E-state index contributed by atoms with van der Waals surface area (Å²) in [6.07, 6.45) is 1.11. The van der Waals surface area contributed by atoms with Crippen molar-refractivity contribution in [2.45, 2.75) is 47.1 Å². The van der Waals surface area contributed by atoms with Crippen LogP contribution in [0.1, 0.15) is 41.0 Å². The number of nitrogens with two attached hydrogens (primary N) is 1. The molecule has 84 valence electrons. The van der Waals surface area contributed by atoms with Gasteiger partial charge in [0.25, 0.3) is 0 Å². The average molecular weight is 199 g/mol. The Morgan fingerprint density at radius 2 is 1.86 bits per heavy atom. The van der Waals surface area contributed by atoms with E-state index in [2.05, 4.69) is 44.5 Å². The van der Waals surface area contributed by atoms with E-state index in [-0.39, 0.29) is 0 Å². The smallest absolute Gasteiger partial charge is 0.191 e. The number of hydrogen-bond donors (Lipinski definition) is 1. The van der Waals surface area contributed by atoms with Gasteiger partial charge in [0.1, 0.15) is 0 Å². The van der Waals surface area contributed by atoms with Crippen LogP contribution in [0, 0.1) is 5.92 Å². The number of rotatable bonds is 5. The van der Waals surface area contributed by atoms with Crippen molar-refractivity contribution in [3.05, 3.63) is 0 Å². The molecule has 0 radical (unpaired) electrons. The molecule has 14 heavy (non-hydrogen) atoms. The molecule has 3 nitrogen and oxygen atoms in total. The molecule has 0 spiro atoms. The number of hydrogen-bond acceptors (Lipinski definition) is 1. The van der Waals surface area contributed by atoms with Crippen LogP contribution in [-0.4, -0.2) is 30.0 Å². The SMILES string of the molecule is CCCN(C(N)=NCC(C)C)C(C)C. The fraction of sp³-hybridized carbons (Fsp3) is 0.909. The average Bonchev–Trinajstić information content (AvgIpc) is 2.09. The Morgan fingerprint density at radius 1 is 1.29 bits per heavy atom. The zero-order valence-electron chi connectivity index (χ0n) is 10.2. The first-order valence-corrected chi connectivity index (χ1v) is 5.55. The van der Waals surface area contributed by atoms with E-state index in [1.54, 1.807) is 0 Å². The van der Waals surface area contributed by atoms with Crippen molar-refractivity contribution < 1.29 is 0 Å². The quantitative estimate of drug-likeness (QED) is 0.544. The van der Waals surface area contributed by atoms with E-state index >= 15 is 0 Å². The Morgan fingerprint density at radius 3 is 2.21 bits per heavy atom. The van der Waals surface area contributed by atoms with Crippen LogP contribution in [0.15, 0.2) is 4.99 Å². The van der Waals surface area contributed by atoms with Crippen molar-refractivity contribution in [1.82, 2.24) is 4.90 Å². The summed E-state index contributed by atoms with van der Waals surface area (Å²) in [6.45, 7) is 12.6. The molecular weight excluding hydrogens is 174 g/mol. The highest BCUT2D eigenvalue weighted by Gasteiger charge is 2.10. The lowest BCUT2D eigenvalue weighted by Crippen LogP contribution is -2.42. The monoisotopic (exact) mass is 199 g/mol. The summed E-state index contributed by atoms with van der Waals surface area (Å²) in [6, 6.07) is 0.436. The summed E-state index contributed by atoms with van der Waals surface area (Å²) in [5, 5.41) is 0. The maximum absolute atomic E-state index is 5.93. The molecule has 0 saturated heterocycles. The van der Waals surface area contributed by atoms with Crippen LogP contribution in [0.3, 0.4) is 0 Å². The Balaban J connectivity index is 4.26. The second kappa shape index (κ2) is 6.68.